The minimum atomic E-state index is 1.30. The minimum absolute atomic E-state index is 1.30. The number of rotatable bonds is 1. The number of hydrogen-bond acceptors (Lipinski definition) is 0. The maximum Gasteiger partial charge on any atom is -0.0155 e. The van der Waals surface area contributed by atoms with Gasteiger partial charge in [-0.25, -0.2) is 0 Å². The normalized spacial score (nSPS) is 8.00. The first kappa shape index (κ1) is 20.8. The second kappa shape index (κ2) is 13.9. The van der Waals surface area contributed by atoms with E-state index in [1.165, 1.54) is 22.3 Å². The van der Waals surface area contributed by atoms with E-state index in [9.17, 15) is 0 Å². The van der Waals surface area contributed by atoms with Crippen LogP contribution in [0, 0.1) is 13.8 Å². The third kappa shape index (κ3) is 7.13. The van der Waals surface area contributed by atoms with Crippen molar-refractivity contribution in [3.8, 4) is 11.1 Å². The molecule has 2 aromatic carbocycles. The molecule has 0 aromatic heterocycles. The molecule has 0 bridgehead atoms. The quantitative estimate of drug-likeness (QED) is 0.521. The first-order valence-electron chi connectivity index (χ1n) is 7.90. The van der Waals surface area contributed by atoms with Gasteiger partial charge in [-0.15, -0.1) is 0 Å². The van der Waals surface area contributed by atoms with Crippen LogP contribution < -0.4 is 0 Å². The van der Waals surface area contributed by atoms with Crippen molar-refractivity contribution in [2.75, 3.05) is 0 Å². The lowest BCUT2D eigenvalue weighted by Crippen LogP contribution is -1.82. The van der Waals surface area contributed by atoms with Crippen molar-refractivity contribution in [1.82, 2.24) is 0 Å². The Morgan fingerprint density at radius 2 is 1.00 bits per heavy atom. The summed E-state index contributed by atoms with van der Waals surface area (Å²) in [6.45, 7) is 16.3. The van der Waals surface area contributed by atoms with Gasteiger partial charge in [-0.1, -0.05) is 95.6 Å². The van der Waals surface area contributed by atoms with Crippen molar-refractivity contribution in [3.05, 3.63) is 59.7 Å². The Morgan fingerprint density at radius 3 is 1.45 bits per heavy atom. The van der Waals surface area contributed by atoms with E-state index < -0.39 is 0 Å². The zero-order valence-corrected chi connectivity index (χ0v) is 14.6. The summed E-state index contributed by atoms with van der Waals surface area (Å²) in [5.74, 6) is 0. The molecule has 0 saturated heterocycles. The summed E-state index contributed by atoms with van der Waals surface area (Å²) in [6.07, 6.45) is 0. The maximum absolute atomic E-state index is 2.18. The molecular weight excluding hydrogens is 240 g/mol. The summed E-state index contributed by atoms with van der Waals surface area (Å²) < 4.78 is 0. The van der Waals surface area contributed by atoms with E-state index in [2.05, 4.69) is 62.4 Å². The Balaban J connectivity index is 0. The summed E-state index contributed by atoms with van der Waals surface area (Å²) in [5, 5.41) is 0. The van der Waals surface area contributed by atoms with Crippen LogP contribution in [0.25, 0.3) is 11.1 Å². The Hall–Kier alpha value is -1.56. The molecule has 0 nitrogen and oxygen atoms in total. The zero-order valence-electron chi connectivity index (χ0n) is 14.6. The van der Waals surface area contributed by atoms with Gasteiger partial charge in [0.05, 0.1) is 0 Å². The lowest BCUT2D eigenvalue weighted by atomic mass is 10.00. The summed E-state index contributed by atoms with van der Waals surface area (Å²) in [7, 11) is 0. The fourth-order valence-electron chi connectivity index (χ4n) is 1.63. The van der Waals surface area contributed by atoms with Crippen LogP contribution in [0.2, 0.25) is 0 Å². The van der Waals surface area contributed by atoms with Gasteiger partial charge in [-0.2, -0.15) is 0 Å². The topological polar surface area (TPSA) is 0 Å². The molecule has 20 heavy (non-hydrogen) atoms. The molecule has 0 heteroatoms. The Labute approximate surface area is 126 Å². The summed E-state index contributed by atoms with van der Waals surface area (Å²) in [4.78, 5) is 0. The van der Waals surface area contributed by atoms with E-state index in [1.54, 1.807) is 0 Å². The standard InChI is InChI=1S/C14H14.3C2H6/c1-11-7-9-13(10-8-11)14-6-4-3-5-12(14)2;3*1-2/h3-10H,1-2H3;3*1-2H3. The van der Waals surface area contributed by atoms with Gasteiger partial charge < -0.3 is 0 Å². The SMILES string of the molecule is CC.CC.CC.Cc1ccc(-c2ccccc2C)cc1. The molecule has 0 radical (unpaired) electrons. The van der Waals surface area contributed by atoms with Gasteiger partial charge in [0.1, 0.15) is 0 Å². The lowest BCUT2D eigenvalue weighted by molar-refractivity contribution is 1.43. The predicted molar refractivity (Wildman–Crippen MR) is 95.4 cm³/mol. The highest BCUT2D eigenvalue weighted by molar-refractivity contribution is 5.67. The average molecular weight is 272 g/mol. The molecule has 2 rings (SSSR count). The third-order valence-electron chi connectivity index (χ3n) is 2.51. The Morgan fingerprint density at radius 1 is 0.550 bits per heavy atom. The molecule has 0 fully saturated rings. The Kier molecular flexibility index (Phi) is 14.4. The van der Waals surface area contributed by atoms with Crippen LogP contribution >= 0.6 is 0 Å². The molecule has 0 N–H and O–H groups in total. The number of aryl methyl sites for hydroxylation is 2. The van der Waals surface area contributed by atoms with Crippen molar-refractivity contribution in [2.24, 2.45) is 0 Å². The molecule has 0 atom stereocenters. The molecular formula is C20H32. The number of hydrogen-bond donors (Lipinski definition) is 0. The van der Waals surface area contributed by atoms with E-state index in [0.717, 1.165) is 0 Å². The van der Waals surface area contributed by atoms with Crippen LogP contribution in [0.15, 0.2) is 48.5 Å². The smallest absolute Gasteiger partial charge is 0.0155 e. The molecule has 112 valence electrons. The van der Waals surface area contributed by atoms with Gasteiger partial charge in [0.2, 0.25) is 0 Å². The fourth-order valence-corrected chi connectivity index (χ4v) is 1.63. The van der Waals surface area contributed by atoms with Gasteiger partial charge in [-0.05, 0) is 30.5 Å². The van der Waals surface area contributed by atoms with E-state index in [4.69, 9.17) is 0 Å². The van der Waals surface area contributed by atoms with Gasteiger partial charge in [-0.3, -0.25) is 0 Å². The lowest BCUT2D eigenvalue weighted by Gasteiger charge is -2.05. The van der Waals surface area contributed by atoms with Crippen molar-refractivity contribution < 1.29 is 0 Å². The molecule has 0 heterocycles. The molecule has 0 unspecified atom stereocenters. The number of benzene rings is 2. The van der Waals surface area contributed by atoms with Gasteiger partial charge in [0.25, 0.3) is 0 Å². The van der Waals surface area contributed by atoms with Crippen LogP contribution in [0.3, 0.4) is 0 Å². The molecule has 0 saturated carbocycles. The van der Waals surface area contributed by atoms with Crippen molar-refractivity contribution in [1.29, 1.82) is 0 Å². The van der Waals surface area contributed by atoms with Crippen LogP contribution in [0.4, 0.5) is 0 Å². The largest absolute Gasteiger partial charge is 0.0683 e. The van der Waals surface area contributed by atoms with Crippen LogP contribution in [0.5, 0.6) is 0 Å². The summed E-state index contributed by atoms with van der Waals surface area (Å²) in [5.41, 5.74) is 5.26. The van der Waals surface area contributed by atoms with Crippen LogP contribution in [-0.2, 0) is 0 Å². The highest BCUT2D eigenvalue weighted by atomic mass is 14.0. The molecule has 2 aromatic rings. The first-order valence-corrected chi connectivity index (χ1v) is 7.90. The second-order valence-electron chi connectivity index (χ2n) is 3.68. The van der Waals surface area contributed by atoms with Crippen molar-refractivity contribution in [2.45, 2.75) is 55.4 Å². The highest BCUT2D eigenvalue weighted by Crippen LogP contribution is 2.22. The second-order valence-corrected chi connectivity index (χ2v) is 3.68. The molecule has 0 amide bonds. The summed E-state index contributed by atoms with van der Waals surface area (Å²) in [6, 6.07) is 17.1. The zero-order chi connectivity index (χ0) is 16.0. The van der Waals surface area contributed by atoms with Crippen molar-refractivity contribution in [3.63, 3.8) is 0 Å². The van der Waals surface area contributed by atoms with E-state index in [-0.39, 0.29) is 0 Å². The first-order chi connectivity index (χ1) is 9.77. The van der Waals surface area contributed by atoms with Gasteiger partial charge in [0.15, 0.2) is 0 Å². The summed E-state index contributed by atoms with van der Waals surface area (Å²) >= 11 is 0. The highest BCUT2D eigenvalue weighted by Gasteiger charge is 1.98. The van der Waals surface area contributed by atoms with E-state index in [0.29, 0.717) is 0 Å². The third-order valence-corrected chi connectivity index (χ3v) is 2.51. The van der Waals surface area contributed by atoms with Crippen LogP contribution in [-0.4, -0.2) is 0 Å². The van der Waals surface area contributed by atoms with Gasteiger partial charge in [0, 0.05) is 0 Å². The predicted octanol–water partition coefficient (Wildman–Crippen LogP) is 7.05. The average Bonchev–Trinajstić information content (AvgIpc) is 2.55. The monoisotopic (exact) mass is 272 g/mol. The molecule has 0 spiro atoms. The van der Waals surface area contributed by atoms with Crippen LogP contribution in [0.1, 0.15) is 52.7 Å². The fraction of sp³-hybridized carbons (Fsp3) is 0.400. The van der Waals surface area contributed by atoms with Crippen molar-refractivity contribution >= 4 is 0 Å². The minimum Gasteiger partial charge on any atom is -0.0683 e. The van der Waals surface area contributed by atoms with E-state index in [1.807, 2.05) is 41.5 Å². The van der Waals surface area contributed by atoms with Gasteiger partial charge >= 0.3 is 0 Å². The molecule has 0 aliphatic heterocycles. The molecule has 0 aliphatic rings. The molecule has 0 aliphatic carbocycles. The maximum atomic E-state index is 2.18. The van der Waals surface area contributed by atoms with E-state index >= 15 is 0 Å². The Bertz CT molecular complexity index is 424.